The molecule has 5 nitrogen and oxygen atoms in total. The van der Waals surface area contributed by atoms with E-state index in [-0.39, 0.29) is 22.8 Å². The van der Waals surface area contributed by atoms with Crippen molar-refractivity contribution in [1.82, 2.24) is 4.98 Å². The van der Waals surface area contributed by atoms with E-state index in [0.29, 0.717) is 0 Å². The molecule has 2 aromatic rings. The van der Waals surface area contributed by atoms with Crippen LogP contribution in [0.1, 0.15) is 11.1 Å². The molecular weight excluding hydrogens is 361 g/mol. The quantitative estimate of drug-likeness (QED) is 0.862. The fourth-order valence-corrected chi connectivity index (χ4v) is 2.93. The molecule has 0 atom stereocenters. The van der Waals surface area contributed by atoms with Crippen LogP contribution in [0, 0.1) is 12.7 Å². The van der Waals surface area contributed by atoms with E-state index in [1.807, 2.05) is 6.92 Å². The fraction of sp³-hybridized carbons (Fsp3) is 0.154. The SMILES string of the molecule is Cc1cc(NS(=O)(=O)c2ccc(F)c(CN)c2)ncc1Br. The highest BCUT2D eigenvalue weighted by molar-refractivity contribution is 9.10. The average Bonchev–Trinajstić information content (AvgIpc) is 2.43. The van der Waals surface area contributed by atoms with Gasteiger partial charge in [0.25, 0.3) is 10.0 Å². The summed E-state index contributed by atoms with van der Waals surface area (Å²) in [5.74, 6) is -0.344. The molecule has 0 saturated heterocycles. The van der Waals surface area contributed by atoms with E-state index < -0.39 is 15.8 Å². The summed E-state index contributed by atoms with van der Waals surface area (Å²) < 4.78 is 41.0. The van der Waals surface area contributed by atoms with Gasteiger partial charge < -0.3 is 5.73 Å². The van der Waals surface area contributed by atoms with Crippen LogP contribution in [0.3, 0.4) is 0 Å². The Labute approximate surface area is 130 Å². The Morgan fingerprint density at radius 2 is 2.10 bits per heavy atom. The number of hydrogen-bond donors (Lipinski definition) is 2. The monoisotopic (exact) mass is 373 g/mol. The second-order valence-corrected chi connectivity index (χ2v) is 6.92. The van der Waals surface area contributed by atoms with E-state index in [1.54, 1.807) is 6.07 Å². The second-order valence-electron chi connectivity index (χ2n) is 4.38. The van der Waals surface area contributed by atoms with Gasteiger partial charge >= 0.3 is 0 Å². The normalized spacial score (nSPS) is 11.4. The van der Waals surface area contributed by atoms with Crippen molar-refractivity contribution >= 4 is 31.8 Å². The number of rotatable bonds is 4. The highest BCUT2D eigenvalue weighted by Crippen LogP contribution is 2.21. The van der Waals surface area contributed by atoms with Crippen molar-refractivity contribution in [2.75, 3.05) is 4.72 Å². The fourth-order valence-electron chi connectivity index (χ4n) is 1.67. The largest absolute Gasteiger partial charge is 0.326 e. The molecule has 0 aliphatic heterocycles. The Morgan fingerprint density at radius 3 is 2.71 bits per heavy atom. The average molecular weight is 374 g/mol. The minimum atomic E-state index is -3.84. The zero-order valence-electron chi connectivity index (χ0n) is 11.1. The van der Waals surface area contributed by atoms with Crippen molar-refractivity contribution in [1.29, 1.82) is 0 Å². The number of pyridine rings is 1. The molecule has 0 unspecified atom stereocenters. The zero-order chi connectivity index (χ0) is 15.6. The van der Waals surface area contributed by atoms with Crippen LogP contribution in [0.2, 0.25) is 0 Å². The molecule has 0 spiro atoms. The first kappa shape index (κ1) is 15.9. The molecule has 8 heteroatoms. The topological polar surface area (TPSA) is 85.1 Å². The number of aryl methyl sites for hydroxylation is 1. The lowest BCUT2D eigenvalue weighted by atomic mass is 10.2. The number of hydrogen-bond acceptors (Lipinski definition) is 4. The summed E-state index contributed by atoms with van der Waals surface area (Å²) in [5.41, 5.74) is 6.35. The Hall–Kier alpha value is -1.51. The van der Waals surface area contributed by atoms with E-state index in [0.717, 1.165) is 16.1 Å². The van der Waals surface area contributed by atoms with Crippen LogP contribution < -0.4 is 10.5 Å². The smallest absolute Gasteiger partial charge is 0.263 e. The van der Waals surface area contributed by atoms with Gasteiger partial charge in [-0.05, 0) is 52.7 Å². The molecule has 0 aliphatic carbocycles. The number of benzene rings is 1. The summed E-state index contributed by atoms with van der Waals surface area (Å²) in [6.45, 7) is 1.73. The third-order valence-electron chi connectivity index (χ3n) is 2.83. The Bertz CT molecular complexity index is 781. The van der Waals surface area contributed by atoms with Gasteiger partial charge in [0.1, 0.15) is 11.6 Å². The molecule has 0 radical (unpaired) electrons. The first-order valence-electron chi connectivity index (χ1n) is 5.97. The van der Waals surface area contributed by atoms with Gasteiger partial charge in [0.2, 0.25) is 0 Å². The highest BCUT2D eigenvalue weighted by Gasteiger charge is 2.17. The van der Waals surface area contributed by atoms with Crippen molar-refractivity contribution in [2.24, 2.45) is 5.73 Å². The summed E-state index contributed by atoms with van der Waals surface area (Å²) in [5, 5.41) is 0. The third kappa shape index (κ3) is 3.58. The predicted octanol–water partition coefficient (Wildman–Crippen LogP) is 2.55. The standard InChI is InChI=1S/C13H13BrFN3O2S/c1-8-4-13(17-7-11(8)14)18-21(19,20)10-2-3-12(15)9(5-10)6-16/h2-5,7H,6,16H2,1H3,(H,17,18). The molecular formula is C13H13BrFN3O2S. The van der Waals surface area contributed by atoms with Crippen LogP contribution in [0.5, 0.6) is 0 Å². The van der Waals surface area contributed by atoms with E-state index in [2.05, 4.69) is 25.6 Å². The predicted molar refractivity (Wildman–Crippen MR) is 81.8 cm³/mol. The summed E-state index contributed by atoms with van der Waals surface area (Å²) in [6, 6.07) is 5.07. The van der Waals surface area contributed by atoms with E-state index in [9.17, 15) is 12.8 Å². The molecule has 0 bridgehead atoms. The van der Waals surface area contributed by atoms with Gasteiger partial charge in [0.05, 0.1) is 4.90 Å². The van der Waals surface area contributed by atoms with Gasteiger partial charge in [0.15, 0.2) is 0 Å². The molecule has 112 valence electrons. The van der Waals surface area contributed by atoms with E-state index in [4.69, 9.17) is 5.73 Å². The van der Waals surface area contributed by atoms with Crippen LogP contribution >= 0.6 is 15.9 Å². The van der Waals surface area contributed by atoms with Crippen LogP contribution in [0.15, 0.2) is 39.8 Å². The molecule has 1 aromatic carbocycles. The van der Waals surface area contributed by atoms with Crippen molar-refractivity contribution in [2.45, 2.75) is 18.4 Å². The third-order valence-corrected chi connectivity index (χ3v) is 5.02. The van der Waals surface area contributed by atoms with Crippen LogP contribution in [0.25, 0.3) is 0 Å². The van der Waals surface area contributed by atoms with Crippen molar-refractivity contribution in [3.8, 4) is 0 Å². The minimum Gasteiger partial charge on any atom is -0.326 e. The van der Waals surface area contributed by atoms with Crippen LogP contribution in [-0.4, -0.2) is 13.4 Å². The first-order valence-corrected chi connectivity index (χ1v) is 8.24. The van der Waals surface area contributed by atoms with Crippen molar-refractivity contribution < 1.29 is 12.8 Å². The van der Waals surface area contributed by atoms with Crippen molar-refractivity contribution in [3.63, 3.8) is 0 Å². The number of halogens is 2. The lowest BCUT2D eigenvalue weighted by molar-refractivity contribution is 0.596. The number of anilines is 1. The lowest BCUT2D eigenvalue weighted by Gasteiger charge is -2.10. The Kier molecular flexibility index (Phi) is 4.60. The second kappa shape index (κ2) is 6.08. The van der Waals surface area contributed by atoms with Gasteiger partial charge in [-0.15, -0.1) is 0 Å². The summed E-state index contributed by atoms with van der Waals surface area (Å²) >= 11 is 3.29. The number of nitrogens with zero attached hydrogens (tertiary/aromatic N) is 1. The molecule has 1 aromatic heterocycles. The molecule has 0 saturated carbocycles. The van der Waals surface area contributed by atoms with Crippen LogP contribution in [0.4, 0.5) is 10.2 Å². The van der Waals surface area contributed by atoms with Gasteiger partial charge in [-0.25, -0.2) is 17.8 Å². The maximum atomic E-state index is 13.4. The Balaban J connectivity index is 2.35. The summed E-state index contributed by atoms with van der Waals surface area (Å²) in [7, 11) is -3.84. The Morgan fingerprint density at radius 1 is 1.38 bits per heavy atom. The number of aromatic nitrogens is 1. The maximum absolute atomic E-state index is 13.4. The molecule has 0 aliphatic rings. The summed E-state index contributed by atoms with van der Waals surface area (Å²) in [4.78, 5) is 3.91. The number of sulfonamides is 1. The van der Waals surface area contributed by atoms with Gasteiger partial charge in [-0.2, -0.15) is 0 Å². The van der Waals surface area contributed by atoms with Crippen LogP contribution in [-0.2, 0) is 16.6 Å². The number of nitrogens with one attached hydrogen (secondary N) is 1. The molecule has 21 heavy (non-hydrogen) atoms. The molecule has 0 fully saturated rings. The zero-order valence-corrected chi connectivity index (χ0v) is 13.5. The van der Waals surface area contributed by atoms with Gasteiger partial charge in [0, 0.05) is 22.8 Å². The molecule has 2 rings (SSSR count). The molecule has 1 heterocycles. The van der Waals surface area contributed by atoms with E-state index in [1.165, 1.54) is 18.3 Å². The van der Waals surface area contributed by atoms with Gasteiger partial charge in [-0.3, -0.25) is 4.72 Å². The summed E-state index contributed by atoms with van der Waals surface area (Å²) in [6.07, 6.45) is 1.50. The number of nitrogens with two attached hydrogens (primary N) is 1. The van der Waals surface area contributed by atoms with E-state index >= 15 is 0 Å². The van der Waals surface area contributed by atoms with Crippen molar-refractivity contribution in [3.05, 3.63) is 51.9 Å². The molecule has 0 amide bonds. The van der Waals surface area contributed by atoms with Gasteiger partial charge in [-0.1, -0.05) is 0 Å². The maximum Gasteiger partial charge on any atom is 0.263 e. The molecule has 3 N–H and O–H groups in total. The lowest BCUT2D eigenvalue weighted by Crippen LogP contribution is -2.15. The minimum absolute atomic E-state index is 0.0632. The first-order chi connectivity index (χ1) is 9.83. The highest BCUT2D eigenvalue weighted by atomic mass is 79.9.